The maximum Gasteiger partial charge on any atom is 0.238 e. The molecule has 0 unspecified atom stereocenters. The van der Waals surface area contributed by atoms with Crippen LogP contribution >= 0.6 is 11.6 Å². The molecule has 1 saturated heterocycles. The van der Waals surface area contributed by atoms with Crippen molar-refractivity contribution < 1.29 is 4.79 Å². The Hall–Kier alpha value is -2.48. The van der Waals surface area contributed by atoms with E-state index < -0.39 is 0 Å². The molecule has 0 aliphatic carbocycles. The Bertz CT molecular complexity index is 1030. The zero-order valence-corrected chi connectivity index (χ0v) is 17.5. The number of benzene rings is 1. The summed E-state index contributed by atoms with van der Waals surface area (Å²) in [4.78, 5) is 21.5. The number of pyridine rings is 1. The van der Waals surface area contributed by atoms with Gasteiger partial charge in [0.1, 0.15) is 0 Å². The van der Waals surface area contributed by atoms with Gasteiger partial charge in [0.25, 0.3) is 0 Å². The third kappa shape index (κ3) is 4.58. The van der Waals surface area contributed by atoms with Gasteiger partial charge in [-0.2, -0.15) is 5.10 Å². The van der Waals surface area contributed by atoms with Crippen molar-refractivity contribution in [3.63, 3.8) is 0 Å². The average molecular weight is 413 g/mol. The number of fused-ring (bicyclic) bond motifs is 1. The second-order valence-electron chi connectivity index (χ2n) is 7.50. The lowest BCUT2D eigenvalue weighted by Gasteiger charge is -2.34. The van der Waals surface area contributed by atoms with Crippen LogP contribution in [0.15, 0.2) is 36.5 Å². The van der Waals surface area contributed by atoms with Crippen molar-refractivity contribution in [2.45, 2.75) is 13.5 Å². The van der Waals surface area contributed by atoms with Crippen LogP contribution in [-0.4, -0.2) is 63.2 Å². The molecule has 0 spiro atoms. The molecule has 29 heavy (non-hydrogen) atoms. The van der Waals surface area contributed by atoms with Crippen molar-refractivity contribution in [1.29, 1.82) is 0 Å². The summed E-state index contributed by atoms with van der Waals surface area (Å²) >= 11 is 6.11. The molecule has 0 saturated carbocycles. The number of para-hydroxylation sites is 1. The van der Waals surface area contributed by atoms with E-state index in [2.05, 4.69) is 31.3 Å². The molecule has 0 radical (unpaired) electrons. The van der Waals surface area contributed by atoms with Crippen LogP contribution < -0.4 is 5.32 Å². The predicted molar refractivity (Wildman–Crippen MR) is 115 cm³/mol. The number of aromatic nitrogens is 3. The van der Waals surface area contributed by atoms with Crippen LogP contribution in [0.4, 0.5) is 5.69 Å². The maximum atomic E-state index is 12.3. The molecular weight excluding hydrogens is 388 g/mol. The smallest absolute Gasteiger partial charge is 0.238 e. The lowest BCUT2D eigenvalue weighted by atomic mass is 10.2. The van der Waals surface area contributed by atoms with E-state index in [9.17, 15) is 4.79 Å². The molecule has 4 rings (SSSR count). The van der Waals surface area contributed by atoms with Crippen LogP contribution in [0, 0.1) is 6.92 Å². The standard InChI is InChI=1S/C21H25ClN6O/c1-15-17-11-16(12-23-21(17)26(2)25-15)13-27-7-9-28(10-8-27)14-20(29)24-19-6-4-3-5-18(19)22/h3-6,11-12H,7-10,13-14H2,1-2H3,(H,24,29). The fourth-order valence-electron chi connectivity index (χ4n) is 3.76. The third-order valence-electron chi connectivity index (χ3n) is 5.31. The minimum atomic E-state index is -0.0340. The fourth-order valence-corrected chi connectivity index (χ4v) is 3.94. The van der Waals surface area contributed by atoms with E-state index in [-0.39, 0.29) is 5.91 Å². The monoisotopic (exact) mass is 412 g/mol. The third-order valence-corrected chi connectivity index (χ3v) is 5.64. The maximum absolute atomic E-state index is 12.3. The van der Waals surface area contributed by atoms with E-state index in [0.717, 1.165) is 49.5 Å². The van der Waals surface area contributed by atoms with Gasteiger partial charge in [0.15, 0.2) is 5.65 Å². The highest BCUT2D eigenvalue weighted by Crippen LogP contribution is 2.21. The molecule has 1 amide bonds. The first-order valence-corrected chi connectivity index (χ1v) is 10.1. The minimum Gasteiger partial charge on any atom is -0.324 e. The van der Waals surface area contributed by atoms with Crippen molar-refractivity contribution in [2.24, 2.45) is 7.05 Å². The van der Waals surface area contributed by atoms with E-state index in [1.165, 1.54) is 5.56 Å². The normalized spacial score (nSPS) is 15.7. The summed E-state index contributed by atoms with van der Waals surface area (Å²) in [6.07, 6.45) is 1.94. The van der Waals surface area contributed by atoms with Crippen molar-refractivity contribution in [3.8, 4) is 0 Å². The Morgan fingerprint density at radius 2 is 1.90 bits per heavy atom. The SMILES string of the molecule is Cc1nn(C)c2ncc(CN3CCN(CC(=O)Nc4ccccc4Cl)CC3)cc12. The first kappa shape index (κ1) is 19.8. The summed E-state index contributed by atoms with van der Waals surface area (Å²) in [7, 11) is 1.92. The number of piperazine rings is 1. The number of carbonyl (C=O) groups excluding carboxylic acids is 1. The molecule has 1 aliphatic rings. The van der Waals surface area contributed by atoms with Gasteiger partial charge < -0.3 is 5.32 Å². The Morgan fingerprint density at radius 3 is 2.66 bits per heavy atom. The van der Waals surface area contributed by atoms with Crippen LogP contribution in [0.2, 0.25) is 5.02 Å². The quantitative estimate of drug-likeness (QED) is 0.698. The molecule has 7 nitrogen and oxygen atoms in total. The van der Waals surface area contributed by atoms with Gasteiger partial charge in [-0.05, 0) is 30.7 Å². The summed E-state index contributed by atoms with van der Waals surface area (Å²) in [5.41, 5.74) is 3.77. The van der Waals surface area contributed by atoms with Gasteiger partial charge in [-0.15, -0.1) is 0 Å². The highest BCUT2D eigenvalue weighted by Gasteiger charge is 2.20. The number of hydrogen-bond acceptors (Lipinski definition) is 5. The summed E-state index contributed by atoms with van der Waals surface area (Å²) < 4.78 is 1.82. The Labute approximate surface area is 175 Å². The molecule has 1 N–H and O–H groups in total. The van der Waals surface area contributed by atoms with Gasteiger partial charge in [-0.1, -0.05) is 23.7 Å². The molecule has 1 fully saturated rings. The van der Waals surface area contributed by atoms with Crippen molar-refractivity contribution in [3.05, 3.63) is 52.8 Å². The zero-order chi connectivity index (χ0) is 20.4. The molecule has 1 aliphatic heterocycles. The number of nitrogens with one attached hydrogen (secondary N) is 1. The number of carbonyl (C=O) groups is 1. The summed E-state index contributed by atoms with van der Waals surface area (Å²) in [6, 6.07) is 9.48. The number of aryl methyl sites for hydroxylation is 2. The van der Waals surface area contributed by atoms with Crippen LogP contribution in [0.5, 0.6) is 0 Å². The number of hydrogen-bond donors (Lipinski definition) is 1. The van der Waals surface area contributed by atoms with Crippen molar-refractivity contribution >= 4 is 34.2 Å². The van der Waals surface area contributed by atoms with E-state index >= 15 is 0 Å². The average Bonchev–Trinajstić information content (AvgIpc) is 2.98. The van der Waals surface area contributed by atoms with Gasteiger partial charge in [0.2, 0.25) is 5.91 Å². The molecule has 3 aromatic rings. The van der Waals surface area contributed by atoms with Gasteiger partial charge in [0, 0.05) is 51.4 Å². The highest BCUT2D eigenvalue weighted by atomic mass is 35.5. The van der Waals surface area contributed by atoms with Gasteiger partial charge in [-0.3, -0.25) is 19.3 Å². The molecule has 0 bridgehead atoms. The Morgan fingerprint density at radius 1 is 1.17 bits per heavy atom. The predicted octanol–water partition coefficient (Wildman–Crippen LogP) is 2.69. The topological polar surface area (TPSA) is 66.3 Å². The summed E-state index contributed by atoms with van der Waals surface area (Å²) in [6.45, 7) is 6.81. The Balaban J connectivity index is 1.29. The first-order valence-electron chi connectivity index (χ1n) is 9.77. The molecular formula is C21H25ClN6O. The van der Waals surface area contributed by atoms with E-state index in [1.54, 1.807) is 6.07 Å². The Kier molecular flexibility index (Phi) is 5.80. The molecule has 0 atom stereocenters. The number of amides is 1. The van der Waals surface area contributed by atoms with Crippen LogP contribution in [0.25, 0.3) is 11.0 Å². The highest BCUT2D eigenvalue weighted by molar-refractivity contribution is 6.33. The molecule has 3 heterocycles. The number of nitrogens with zero attached hydrogens (tertiary/aromatic N) is 5. The van der Waals surface area contributed by atoms with Gasteiger partial charge >= 0.3 is 0 Å². The fraction of sp³-hybridized carbons (Fsp3) is 0.381. The van der Waals surface area contributed by atoms with Crippen LogP contribution in [-0.2, 0) is 18.4 Å². The van der Waals surface area contributed by atoms with E-state index in [1.807, 2.05) is 43.0 Å². The van der Waals surface area contributed by atoms with Crippen LogP contribution in [0.3, 0.4) is 0 Å². The van der Waals surface area contributed by atoms with Gasteiger partial charge in [0.05, 0.1) is 22.9 Å². The van der Waals surface area contributed by atoms with E-state index in [0.29, 0.717) is 17.3 Å². The van der Waals surface area contributed by atoms with Crippen molar-refractivity contribution in [1.82, 2.24) is 24.6 Å². The number of anilines is 1. The zero-order valence-electron chi connectivity index (χ0n) is 16.7. The largest absolute Gasteiger partial charge is 0.324 e. The second-order valence-corrected chi connectivity index (χ2v) is 7.91. The number of rotatable bonds is 5. The molecule has 1 aromatic carbocycles. The molecule has 2 aromatic heterocycles. The van der Waals surface area contributed by atoms with Crippen LogP contribution in [0.1, 0.15) is 11.3 Å². The summed E-state index contributed by atoms with van der Waals surface area (Å²) in [5.74, 6) is -0.0340. The lowest BCUT2D eigenvalue weighted by molar-refractivity contribution is -0.117. The first-order chi connectivity index (χ1) is 14.0. The number of halogens is 1. The second kappa shape index (κ2) is 8.49. The van der Waals surface area contributed by atoms with E-state index in [4.69, 9.17) is 11.6 Å². The molecule has 8 heteroatoms. The minimum absolute atomic E-state index is 0.0340. The summed E-state index contributed by atoms with van der Waals surface area (Å²) in [5, 5.41) is 9.00. The van der Waals surface area contributed by atoms with Crippen molar-refractivity contribution in [2.75, 3.05) is 38.0 Å². The molecule has 152 valence electrons. The van der Waals surface area contributed by atoms with Gasteiger partial charge in [-0.25, -0.2) is 4.98 Å². The lowest BCUT2D eigenvalue weighted by Crippen LogP contribution is -2.48.